The van der Waals surface area contributed by atoms with Crippen LogP contribution >= 0.6 is 0 Å². The number of hydrogen-bond acceptors (Lipinski definition) is 3. The molecule has 0 spiro atoms. The summed E-state index contributed by atoms with van der Waals surface area (Å²) in [4.78, 5) is 25.2. The molecule has 0 atom stereocenters. The fraction of sp³-hybridized carbons (Fsp3) is 0.556. The highest BCUT2D eigenvalue weighted by molar-refractivity contribution is 5.92. The molecule has 0 saturated carbocycles. The lowest BCUT2D eigenvalue weighted by Gasteiger charge is -2.27. The number of hydrogen-bond donors (Lipinski definition) is 2. The molecule has 0 aliphatic carbocycles. The molecule has 1 aromatic carbocycles. The summed E-state index contributed by atoms with van der Waals surface area (Å²) >= 11 is 0. The van der Waals surface area contributed by atoms with Gasteiger partial charge in [-0.1, -0.05) is 12.1 Å². The van der Waals surface area contributed by atoms with Crippen LogP contribution in [0.25, 0.3) is 0 Å². The van der Waals surface area contributed by atoms with Crippen molar-refractivity contribution in [3.05, 3.63) is 29.3 Å². The minimum absolute atomic E-state index is 0.000721. The number of quaternary nitrogens is 1. The van der Waals surface area contributed by atoms with E-state index in [1.54, 1.807) is 0 Å². The van der Waals surface area contributed by atoms with Gasteiger partial charge < -0.3 is 15.0 Å². The molecule has 5 nitrogen and oxygen atoms in total. The SMILES string of the molecule is CCOC(=O)C1CC[NH+](CC(=O)Nc2cccc(C)c2C)CC1. The second-order valence-corrected chi connectivity index (χ2v) is 6.25. The predicted octanol–water partition coefficient (Wildman–Crippen LogP) is 1.10. The van der Waals surface area contributed by atoms with Crippen LogP contribution < -0.4 is 10.2 Å². The van der Waals surface area contributed by atoms with Gasteiger partial charge in [0, 0.05) is 18.5 Å². The number of nitrogens with one attached hydrogen (secondary N) is 2. The lowest BCUT2D eigenvalue weighted by Crippen LogP contribution is -3.14. The molecule has 23 heavy (non-hydrogen) atoms. The highest BCUT2D eigenvalue weighted by atomic mass is 16.5. The molecule has 1 amide bonds. The Balaban J connectivity index is 1.81. The lowest BCUT2D eigenvalue weighted by molar-refractivity contribution is -0.897. The quantitative estimate of drug-likeness (QED) is 0.799. The van der Waals surface area contributed by atoms with Crippen LogP contribution in [-0.2, 0) is 14.3 Å². The Morgan fingerprint density at radius 3 is 2.61 bits per heavy atom. The second kappa shape index (κ2) is 8.11. The van der Waals surface area contributed by atoms with Crippen LogP contribution in [0.1, 0.15) is 30.9 Å². The maximum Gasteiger partial charge on any atom is 0.309 e. The molecule has 1 aliphatic heterocycles. The van der Waals surface area contributed by atoms with E-state index < -0.39 is 0 Å². The normalized spacial score (nSPS) is 20.8. The Kier molecular flexibility index (Phi) is 6.16. The summed E-state index contributed by atoms with van der Waals surface area (Å²) in [5.74, 6) is -0.0598. The third-order valence-corrected chi connectivity index (χ3v) is 4.60. The van der Waals surface area contributed by atoms with Crippen molar-refractivity contribution < 1.29 is 19.2 Å². The lowest BCUT2D eigenvalue weighted by atomic mass is 9.97. The van der Waals surface area contributed by atoms with Gasteiger partial charge in [0.25, 0.3) is 5.91 Å². The number of esters is 1. The van der Waals surface area contributed by atoms with Crippen molar-refractivity contribution in [3.63, 3.8) is 0 Å². The number of aryl methyl sites for hydroxylation is 1. The minimum atomic E-state index is -0.0913. The van der Waals surface area contributed by atoms with Gasteiger partial charge >= 0.3 is 5.97 Å². The van der Waals surface area contributed by atoms with Crippen molar-refractivity contribution in [1.82, 2.24) is 0 Å². The largest absolute Gasteiger partial charge is 0.466 e. The highest BCUT2D eigenvalue weighted by Crippen LogP contribution is 2.17. The highest BCUT2D eigenvalue weighted by Gasteiger charge is 2.29. The van der Waals surface area contributed by atoms with E-state index in [1.807, 2.05) is 39.0 Å². The molecule has 0 radical (unpaired) electrons. The number of amides is 1. The van der Waals surface area contributed by atoms with E-state index in [0.717, 1.165) is 37.2 Å². The van der Waals surface area contributed by atoms with Crippen molar-refractivity contribution >= 4 is 17.6 Å². The first-order chi connectivity index (χ1) is 11.0. The number of ether oxygens (including phenoxy) is 1. The zero-order valence-corrected chi connectivity index (χ0v) is 14.3. The van der Waals surface area contributed by atoms with Crippen molar-refractivity contribution in [2.45, 2.75) is 33.6 Å². The molecule has 2 N–H and O–H groups in total. The molecular formula is C18H27N2O3+. The van der Waals surface area contributed by atoms with Crippen LogP contribution in [0.2, 0.25) is 0 Å². The van der Waals surface area contributed by atoms with Crippen molar-refractivity contribution in [3.8, 4) is 0 Å². The number of anilines is 1. The van der Waals surface area contributed by atoms with Crippen LogP contribution in [-0.4, -0.2) is 38.1 Å². The summed E-state index contributed by atoms with van der Waals surface area (Å²) in [5.41, 5.74) is 3.16. The van der Waals surface area contributed by atoms with Gasteiger partial charge in [-0.05, 0) is 38.0 Å². The first-order valence-electron chi connectivity index (χ1n) is 8.37. The van der Waals surface area contributed by atoms with Crippen LogP contribution in [0.5, 0.6) is 0 Å². The van der Waals surface area contributed by atoms with E-state index in [1.165, 1.54) is 10.5 Å². The second-order valence-electron chi connectivity index (χ2n) is 6.25. The van der Waals surface area contributed by atoms with Gasteiger partial charge in [-0.2, -0.15) is 0 Å². The average molecular weight is 319 g/mol. The number of carbonyl (C=O) groups excluding carboxylic acids is 2. The summed E-state index contributed by atoms with van der Waals surface area (Å²) in [5, 5.41) is 3.00. The fourth-order valence-corrected chi connectivity index (χ4v) is 3.01. The van der Waals surface area contributed by atoms with E-state index in [0.29, 0.717) is 13.2 Å². The molecule has 126 valence electrons. The Morgan fingerprint density at radius 2 is 1.96 bits per heavy atom. The Labute approximate surface area is 138 Å². The maximum atomic E-state index is 12.2. The number of carbonyl (C=O) groups is 2. The summed E-state index contributed by atoms with van der Waals surface area (Å²) in [6, 6.07) is 5.93. The summed E-state index contributed by atoms with van der Waals surface area (Å²) in [7, 11) is 0. The molecule has 0 aromatic heterocycles. The van der Waals surface area contributed by atoms with Crippen LogP contribution in [0, 0.1) is 19.8 Å². The van der Waals surface area contributed by atoms with Crippen molar-refractivity contribution in [2.24, 2.45) is 5.92 Å². The molecule has 5 heteroatoms. The standard InChI is InChI=1S/C18H26N2O3/c1-4-23-18(22)15-8-10-20(11-9-15)12-17(21)19-16-7-5-6-13(2)14(16)3/h5-7,15H,4,8-12H2,1-3H3,(H,19,21)/p+1. The summed E-state index contributed by atoms with van der Waals surface area (Å²) < 4.78 is 5.07. The van der Waals surface area contributed by atoms with Gasteiger partial charge in [0.15, 0.2) is 6.54 Å². The van der Waals surface area contributed by atoms with Gasteiger partial charge in [0.1, 0.15) is 0 Å². The van der Waals surface area contributed by atoms with Crippen LogP contribution in [0.4, 0.5) is 5.69 Å². The Bertz CT molecular complexity index is 563. The molecule has 1 aromatic rings. The van der Waals surface area contributed by atoms with Crippen LogP contribution in [0.15, 0.2) is 18.2 Å². The maximum absolute atomic E-state index is 12.2. The van der Waals surface area contributed by atoms with Gasteiger partial charge in [-0.25, -0.2) is 0 Å². The number of rotatable bonds is 5. The van der Waals surface area contributed by atoms with E-state index in [-0.39, 0.29) is 17.8 Å². The van der Waals surface area contributed by atoms with Gasteiger partial charge in [0.2, 0.25) is 0 Å². The molecule has 0 unspecified atom stereocenters. The predicted molar refractivity (Wildman–Crippen MR) is 89.5 cm³/mol. The number of benzene rings is 1. The van der Waals surface area contributed by atoms with Crippen molar-refractivity contribution in [1.29, 1.82) is 0 Å². The molecular weight excluding hydrogens is 292 g/mol. The summed E-state index contributed by atoms with van der Waals surface area (Å²) in [6.45, 7) is 8.44. The molecule has 1 heterocycles. The summed E-state index contributed by atoms with van der Waals surface area (Å²) in [6.07, 6.45) is 1.59. The van der Waals surface area contributed by atoms with Gasteiger partial charge in [-0.15, -0.1) is 0 Å². The zero-order chi connectivity index (χ0) is 16.8. The van der Waals surface area contributed by atoms with Gasteiger partial charge in [-0.3, -0.25) is 9.59 Å². The monoisotopic (exact) mass is 319 g/mol. The van der Waals surface area contributed by atoms with E-state index in [4.69, 9.17) is 4.74 Å². The first kappa shape index (κ1) is 17.5. The van der Waals surface area contributed by atoms with Gasteiger partial charge in [0.05, 0.1) is 25.6 Å². The topological polar surface area (TPSA) is 59.8 Å². The third kappa shape index (κ3) is 4.79. The minimum Gasteiger partial charge on any atom is -0.466 e. The number of piperidine rings is 1. The fourth-order valence-electron chi connectivity index (χ4n) is 3.01. The Hall–Kier alpha value is -1.88. The van der Waals surface area contributed by atoms with Crippen molar-refractivity contribution in [2.75, 3.05) is 31.6 Å². The molecule has 1 fully saturated rings. The van der Waals surface area contributed by atoms with E-state index in [2.05, 4.69) is 5.32 Å². The molecule has 2 rings (SSSR count). The third-order valence-electron chi connectivity index (χ3n) is 4.60. The first-order valence-corrected chi connectivity index (χ1v) is 8.37. The van der Waals surface area contributed by atoms with E-state index in [9.17, 15) is 9.59 Å². The number of likely N-dealkylation sites (tertiary alicyclic amines) is 1. The Morgan fingerprint density at radius 1 is 1.26 bits per heavy atom. The average Bonchev–Trinajstić information content (AvgIpc) is 2.53. The van der Waals surface area contributed by atoms with Crippen LogP contribution in [0.3, 0.4) is 0 Å². The zero-order valence-electron chi connectivity index (χ0n) is 14.3. The molecule has 1 saturated heterocycles. The smallest absolute Gasteiger partial charge is 0.309 e. The molecule has 1 aliphatic rings. The van der Waals surface area contributed by atoms with E-state index >= 15 is 0 Å². The molecule has 0 bridgehead atoms.